The highest BCUT2D eigenvalue weighted by atomic mass is 16.5. The van der Waals surface area contributed by atoms with Gasteiger partial charge >= 0.3 is 0 Å². The van der Waals surface area contributed by atoms with E-state index in [1.807, 2.05) is 13.0 Å². The van der Waals surface area contributed by atoms with Crippen LogP contribution in [0, 0.1) is 6.92 Å². The second kappa shape index (κ2) is 6.64. The molecular formula is C15H20N6O2. The van der Waals surface area contributed by atoms with E-state index in [9.17, 15) is 0 Å². The number of nitrogens with zero attached hydrogens (tertiary/aromatic N) is 6. The van der Waals surface area contributed by atoms with Crippen LogP contribution in [-0.4, -0.2) is 60.3 Å². The zero-order chi connectivity index (χ0) is 16.2. The highest BCUT2D eigenvalue weighted by Gasteiger charge is 2.21. The first-order chi connectivity index (χ1) is 11.2. The maximum absolute atomic E-state index is 5.21. The van der Waals surface area contributed by atoms with Gasteiger partial charge in [0.25, 0.3) is 0 Å². The predicted octanol–water partition coefficient (Wildman–Crippen LogP) is 0.919. The van der Waals surface area contributed by atoms with E-state index < -0.39 is 0 Å². The molecule has 23 heavy (non-hydrogen) atoms. The molecule has 0 saturated carbocycles. The van der Waals surface area contributed by atoms with Gasteiger partial charge in [-0.25, -0.2) is 9.97 Å². The van der Waals surface area contributed by atoms with Crippen molar-refractivity contribution in [3.05, 3.63) is 24.2 Å². The largest absolute Gasteiger partial charge is 0.481 e. The van der Waals surface area contributed by atoms with Gasteiger partial charge < -0.3 is 19.3 Å². The average molecular weight is 316 g/mol. The van der Waals surface area contributed by atoms with Crippen molar-refractivity contribution in [2.75, 3.05) is 50.2 Å². The van der Waals surface area contributed by atoms with Crippen molar-refractivity contribution in [2.45, 2.75) is 6.92 Å². The van der Waals surface area contributed by atoms with Gasteiger partial charge in [-0.1, -0.05) is 0 Å². The fourth-order valence-corrected chi connectivity index (χ4v) is 2.49. The summed E-state index contributed by atoms with van der Waals surface area (Å²) in [6.07, 6.45) is 1.60. The van der Waals surface area contributed by atoms with Crippen molar-refractivity contribution in [1.29, 1.82) is 0 Å². The smallest absolute Gasteiger partial charge is 0.232 e. The highest BCUT2D eigenvalue weighted by Crippen LogP contribution is 2.22. The molecule has 8 nitrogen and oxygen atoms in total. The standard InChI is InChI=1S/C15H20N6O2/c1-11-8-12(17-10-16-11)20-4-6-21(7-5-20)15-18-13(22-2)9-14(19-15)23-3/h8-10H,4-7H2,1-3H3. The van der Waals surface area contributed by atoms with Crippen molar-refractivity contribution in [3.8, 4) is 11.8 Å². The molecule has 1 aliphatic rings. The minimum atomic E-state index is 0.501. The number of rotatable bonds is 4. The van der Waals surface area contributed by atoms with Crippen LogP contribution >= 0.6 is 0 Å². The van der Waals surface area contributed by atoms with E-state index in [-0.39, 0.29) is 0 Å². The maximum Gasteiger partial charge on any atom is 0.232 e. The van der Waals surface area contributed by atoms with E-state index in [4.69, 9.17) is 9.47 Å². The van der Waals surface area contributed by atoms with Gasteiger partial charge in [-0.05, 0) is 6.92 Å². The Balaban J connectivity index is 1.71. The fraction of sp³-hybridized carbons (Fsp3) is 0.467. The van der Waals surface area contributed by atoms with Crippen LogP contribution in [0.4, 0.5) is 11.8 Å². The van der Waals surface area contributed by atoms with Crippen LogP contribution < -0.4 is 19.3 Å². The van der Waals surface area contributed by atoms with Crippen LogP contribution in [0.25, 0.3) is 0 Å². The van der Waals surface area contributed by atoms with E-state index in [0.29, 0.717) is 17.7 Å². The lowest BCUT2D eigenvalue weighted by molar-refractivity contribution is 0.371. The number of ether oxygens (including phenoxy) is 2. The summed E-state index contributed by atoms with van der Waals surface area (Å²) in [7, 11) is 3.17. The summed E-state index contributed by atoms with van der Waals surface area (Å²) < 4.78 is 10.4. The van der Waals surface area contributed by atoms with Crippen LogP contribution in [0.15, 0.2) is 18.5 Å². The molecule has 0 aromatic carbocycles. The normalized spacial score (nSPS) is 14.7. The Hall–Kier alpha value is -2.64. The lowest BCUT2D eigenvalue weighted by Crippen LogP contribution is -2.47. The zero-order valence-electron chi connectivity index (χ0n) is 13.6. The lowest BCUT2D eigenvalue weighted by atomic mass is 10.3. The summed E-state index contributed by atoms with van der Waals surface area (Å²) in [5, 5.41) is 0. The second-order valence-electron chi connectivity index (χ2n) is 5.24. The Morgan fingerprint density at radius 3 is 2.04 bits per heavy atom. The highest BCUT2D eigenvalue weighted by molar-refractivity contribution is 5.43. The molecule has 3 rings (SSSR count). The van der Waals surface area contributed by atoms with Crippen molar-refractivity contribution < 1.29 is 9.47 Å². The van der Waals surface area contributed by atoms with Gasteiger partial charge in [0.1, 0.15) is 12.1 Å². The first-order valence-corrected chi connectivity index (χ1v) is 7.45. The van der Waals surface area contributed by atoms with Crippen LogP contribution in [0.5, 0.6) is 11.8 Å². The topological polar surface area (TPSA) is 76.5 Å². The molecule has 0 bridgehead atoms. The molecular weight excluding hydrogens is 296 g/mol. The fourth-order valence-electron chi connectivity index (χ4n) is 2.49. The third-order valence-corrected chi connectivity index (χ3v) is 3.76. The number of methoxy groups -OCH3 is 2. The molecule has 2 aromatic heterocycles. The SMILES string of the molecule is COc1cc(OC)nc(N2CCN(c3cc(C)ncn3)CC2)n1. The average Bonchev–Trinajstić information content (AvgIpc) is 2.61. The molecule has 0 aliphatic carbocycles. The molecule has 1 saturated heterocycles. The molecule has 3 heterocycles. The van der Waals surface area contributed by atoms with Gasteiger partial charge in [0, 0.05) is 37.9 Å². The van der Waals surface area contributed by atoms with Gasteiger partial charge in [-0.3, -0.25) is 0 Å². The predicted molar refractivity (Wildman–Crippen MR) is 86.3 cm³/mol. The van der Waals surface area contributed by atoms with Gasteiger partial charge in [0.05, 0.1) is 20.3 Å². The first-order valence-electron chi connectivity index (χ1n) is 7.45. The molecule has 8 heteroatoms. The Bertz CT molecular complexity index is 651. The summed E-state index contributed by atoms with van der Waals surface area (Å²) in [5.74, 6) is 2.59. The minimum absolute atomic E-state index is 0.501. The Kier molecular flexibility index (Phi) is 4.40. The third kappa shape index (κ3) is 3.41. The van der Waals surface area contributed by atoms with Gasteiger partial charge in [0.15, 0.2) is 0 Å². The van der Waals surface area contributed by atoms with E-state index >= 15 is 0 Å². The van der Waals surface area contributed by atoms with Crippen LogP contribution in [0.1, 0.15) is 5.69 Å². The molecule has 0 radical (unpaired) electrons. The molecule has 122 valence electrons. The Labute approximate surface area is 135 Å². The Morgan fingerprint density at radius 2 is 1.48 bits per heavy atom. The van der Waals surface area contributed by atoms with E-state index in [1.54, 1.807) is 26.6 Å². The molecule has 0 spiro atoms. The molecule has 0 atom stereocenters. The minimum Gasteiger partial charge on any atom is -0.481 e. The summed E-state index contributed by atoms with van der Waals surface area (Å²) in [4.78, 5) is 21.6. The van der Waals surface area contributed by atoms with E-state index in [1.165, 1.54) is 0 Å². The van der Waals surface area contributed by atoms with E-state index in [2.05, 4.69) is 29.7 Å². The van der Waals surface area contributed by atoms with Gasteiger partial charge in [0.2, 0.25) is 17.7 Å². The number of piperazine rings is 1. The number of aryl methyl sites for hydroxylation is 1. The van der Waals surface area contributed by atoms with Crippen LogP contribution in [-0.2, 0) is 0 Å². The lowest BCUT2D eigenvalue weighted by Gasteiger charge is -2.35. The van der Waals surface area contributed by atoms with Crippen molar-refractivity contribution in [3.63, 3.8) is 0 Å². The molecule has 2 aromatic rings. The summed E-state index contributed by atoms with van der Waals surface area (Å²) in [5.41, 5.74) is 0.971. The molecule has 0 amide bonds. The van der Waals surface area contributed by atoms with Crippen molar-refractivity contribution in [2.24, 2.45) is 0 Å². The number of aromatic nitrogens is 4. The molecule has 0 N–H and O–H groups in total. The number of hydrogen-bond donors (Lipinski definition) is 0. The summed E-state index contributed by atoms with van der Waals surface area (Å²) in [6, 6.07) is 3.67. The van der Waals surface area contributed by atoms with Crippen LogP contribution in [0.3, 0.4) is 0 Å². The van der Waals surface area contributed by atoms with Gasteiger partial charge in [-0.15, -0.1) is 0 Å². The maximum atomic E-state index is 5.21. The molecule has 1 aliphatic heterocycles. The van der Waals surface area contributed by atoms with Gasteiger partial charge in [-0.2, -0.15) is 9.97 Å². The third-order valence-electron chi connectivity index (χ3n) is 3.76. The quantitative estimate of drug-likeness (QED) is 0.824. The van der Waals surface area contributed by atoms with Crippen LogP contribution in [0.2, 0.25) is 0 Å². The first kappa shape index (κ1) is 15.3. The molecule has 1 fully saturated rings. The van der Waals surface area contributed by atoms with E-state index in [0.717, 1.165) is 37.7 Å². The number of anilines is 2. The Morgan fingerprint density at radius 1 is 0.870 bits per heavy atom. The molecule has 0 unspecified atom stereocenters. The zero-order valence-corrected chi connectivity index (χ0v) is 13.6. The van der Waals surface area contributed by atoms with Crippen molar-refractivity contribution in [1.82, 2.24) is 19.9 Å². The monoisotopic (exact) mass is 316 g/mol. The number of hydrogen-bond acceptors (Lipinski definition) is 8. The second-order valence-corrected chi connectivity index (χ2v) is 5.24. The summed E-state index contributed by atoms with van der Waals surface area (Å²) >= 11 is 0. The summed E-state index contributed by atoms with van der Waals surface area (Å²) in [6.45, 7) is 5.27. The van der Waals surface area contributed by atoms with Crippen molar-refractivity contribution >= 4 is 11.8 Å².